The summed E-state index contributed by atoms with van der Waals surface area (Å²) in [5, 5.41) is 11.5. The van der Waals surface area contributed by atoms with E-state index >= 15 is 0 Å². The van der Waals surface area contributed by atoms with Crippen molar-refractivity contribution in [3.05, 3.63) is 80.8 Å². The molecular formula is C29H27BrN2. The lowest BCUT2D eigenvalue weighted by Crippen LogP contribution is -2.24. The van der Waals surface area contributed by atoms with Gasteiger partial charge in [-0.05, 0) is 94.8 Å². The zero-order valence-corrected chi connectivity index (χ0v) is 19.9. The van der Waals surface area contributed by atoms with E-state index in [-0.39, 0.29) is 0 Å². The van der Waals surface area contributed by atoms with Crippen molar-refractivity contribution in [3.63, 3.8) is 0 Å². The molecule has 0 amide bonds. The molecule has 3 aliphatic rings. The van der Waals surface area contributed by atoms with Crippen molar-refractivity contribution in [1.82, 2.24) is 0 Å². The highest BCUT2D eigenvalue weighted by Gasteiger charge is 2.40. The molecule has 0 saturated heterocycles. The van der Waals surface area contributed by atoms with Crippen LogP contribution in [-0.4, -0.2) is 12.3 Å². The first-order valence-corrected chi connectivity index (χ1v) is 12.8. The molecular weight excluding hydrogens is 456 g/mol. The van der Waals surface area contributed by atoms with Crippen LogP contribution < -0.4 is 0 Å². The quantitative estimate of drug-likeness (QED) is 0.377. The smallest absolute Gasteiger partial charge is 0.0991 e. The van der Waals surface area contributed by atoms with Gasteiger partial charge in [-0.2, -0.15) is 5.26 Å². The molecule has 0 bridgehead atoms. The number of aliphatic imine (C=N–C) groups is 1. The number of hydrogen-bond acceptors (Lipinski definition) is 2. The second-order valence-electron chi connectivity index (χ2n) is 9.77. The highest BCUT2D eigenvalue weighted by molar-refractivity contribution is 9.10. The third-order valence-electron chi connectivity index (χ3n) is 7.77. The monoisotopic (exact) mass is 482 g/mol. The average molecular weight is 483 g/mol. The Hall–Kier alpha value is -2.44. The molecule has 2 saturated carbocycles. The predicted octanol–water partition coefficient (Wildman–Crippen LogP) is 7.67. The first kappa shape index (κ1) is 20.2. The van der Waals surface area contributed by atoms with Gasteiger partial charge in [0.25, 0.3) is 0 Å². The van der Waals surface area contributed by atoms with Crippen LogP contribution in [0.4, 0.5) is 0 Å². The van der Waals surface area contributed by atoms with E-state index in [2.05, 4.69) is 58.4 Å². The number of hydrogen-bond donors (Lipinski definition) is 0. The Morgan fingerprint density at radius 1 is 0.906 bits per heavy atom. The van der Waals surface area contributed by atoms with Crippen LogP contribution in [0.1, 0.15) is 78.2 Å². The minimum absolute atomic E-state index is 0.572. The zero-order valence-electron chi connectivity index (χ0n) is 18.3. The molecule has 1 heterocycles. The van der Waals surface area contributed by atoms with Gasteiger partial charge in [-0.3, -0.25) is 4.99 Å². The summed E-state index contributed by atoms with van der Waals surface area (Å²) in [5.41, 5.74) is 7.96. The Labute approximate surface area is 198 Å². The van der Waals surface area contributed by atoms with Gasteiger partial charge in [-0.1, -0.05) is 59.5 Å². The molecule has 32 heavy (non-hydrogen) atoms. The van der Waals surface area contributed by atoms with Crippen molar-refractivity contribution in [2.24, 2.45) is 10.9 Å². The summed E-state index contributed by atoms with van der Waals surface area (Å²) in [7, 11) is 0. The number of nitriles is 1. The largest absolute Gasteiger partial charge is 0.288 e. The molecule has 2 aliphatic carbocycles. The minimum atomic E-state index is 0.572. The lowest BCUT2D eigenvalue weighted by Gasteiger charge is -2.27. The molecule has 3 aromatic rings. The number of fused-ring (bicyclic) bond motifs is 2. The van der Waals surface area contributed by atoms with Crippen LogP contribution in [0.25, 0.3) is 10.8 Å². The van der Waals surface area contributed by atoms with Crippen molar-refractivity contribution >= 4 is 32.4 Å². The van der Waals surface area contributed by atoms with E-state index in [0.29, 0.717) is 23.3 Å². The molecule has 1 aliphatic heterocycles. The highest BCUT2D eigenvalue weighted by atomic mass is 79.9. The van der Waals surface area contributed by atoms with Gasteiger partial charge in [-0.15, -0.1) is 0 Å². The summed E-state index contributed by atoms with van der Waals surface area (Å²) >= 11 is 3.76. The zero-order chi connectivity index (χ0) is 21.7. The normalized spacial score (nSPS) is 22.8. The molecule has 2 unspecified atom stereocenters. The predicted molar refractivity (Wildman–Crippen MR) is 135 cm³/mol. The Bertz CT molecular complexity index is 1280. The van der Waals surface area contributed by atoms with Crippen molar-refractivity contribution in [3.8, 4) is 6.07 Å². The molecule has 0 spiro atoms. The van der Waals surface area contributed by atoms with Crippen molar-refractivity contribution in [2.75, 3.05) is 6.54 Å². The van der Waals surface area contributed by atoms with Crippen LogP contribution in [0.15, 0.2) is 58.0 Å². The number of halogens is 1. The molecule has 0 N–H and O–H groups in total. The molecule has 3 heteroatoms. The van der Waals surface area contributed by atoms with Gasteiger partial charge in [0.1, 0.15) is 0 Å². The molecule has 3 aromatic carbocycles. The van der Waals surface area contributed by atoms with E-state index in [1.807, 2.05) is 12.1 Å². The summed E-state index contributed by atoms with van der Waals surface area (Å²) in [6.45, 7) is 0.961. The summed E-state index contributed by atoms with van der Waals surface area (Å²) in [4.78, 5) is 5.04. The molecule has 2 nitrogen and oxygen atoms in total. The average Bonchev–Trinajstić information content (AvgIpc) is 3.65. The highest BCUT2D eigenvalue weighted by Crippen LogP contribution is 2.55. The van der Waals surface area contributed by atoms with Crippen molar-refractivity contribution < 1.29 is 0 Å². The van der Waals surface area contributed by atoms with Gasteiger partial charge >= 0.3 is 0 Å². The fourth-order valence-corrected chi connectivity index (χ4v) is 6.55. The van der Waals surface area contributed by atoms with Crippen molar-refractivity contribution in [2.45, 2.75) is 56.8 Å². The van der Waals surface area contributed by atoms with Gasteiger partial charge in [0, 0.05) is 22.6 Å². The summed E-state index contributed by atoms with van der Waals surface area (Å²) in [6.07, 6.45) is 9.03. The Morgan fingerprint density at radius 2 is 1.75 bits per heavy atom. The van der Waals surface area contributed by atoms with E-state index in [1.165, 1.54) is 71.9 Å². The fourth-order valence-electron chi connectivity index (χ4n) is 5.94. The first-order valence-electron chi connectivity index (χ1n) is 12.0. The maximum absolute atomic E-state index is 9.21. The molecule has 2 fully saturated rings. The maximum atomic E-state index is 9.21. The van der Waals surface area contributed by atoms with Gasteiger partial charge in [-0.25, -0.2) is 0 Å². The Balaban J connectivity index is 1.29. The van der Waals surface area contributed by atoms with Gasteiger partial charge < -0.3 is 0 Å². The number of benzene rings is 3. The molecule has 0 aromatic heterocycles. The van der Waals surface area contributed by atoms with Crippen LogP contribution in [-0.2, 0) is 6.42 Å². The first-order chi connectivity index (χ1) is 15.7. The second kappa shape index (κ2) is 8.16. The lowest BCUT2D eigenvalue weighted by molar-refractivity contribution is 0.438. The second-order valence-corrected chi connectivity index (χ2v) is 10.6. The Kier molecular flexibility index (Phi) is 5.15. The van der Waals surface area contributed by atoms with Crippen molar-refractivity contribution in [1.29, 1.82) is 5.26 Å². The lowest BCUT2D eigenvalue weighted by atomic mass is 9.80. The third-order valence-corrected chi connectivity index (χ3v) is 8.42. The Morgan fingerprint density at radius 3 is 2.59 bits per heavy atom. The standard InChI is InChI=1S/C29H27BrN2/c30-28-15-23(13-21-7-6-18(17-31)12-26(21)28)25-16-24(25)22-9-8-19-10-11-32-29(27(19)14-22)20-4-2-1-3-5-20/h6-9,12-15,20,24-25H,1-5,10-11,16H2. The number of rotatable bonds is 3. The number of nitrogens with zero attached hydrogens (tertiary/aromatic N) is 2. The fraction of sp³-hybridized carbons (Fsp3) is 0.379. The van der Waals surface area contributed by atoms with E-state index in [0.717, 1.165) is 22.8 Å². The van der Waals surface area contributed by atoms with E-state index in [9.17, 15) is 5.26 Å². The minimum Gasteiger partial charge on any atom is -0.288 e. The van der Waals surface area contributed by atoms with Gasteiger partial charge in [0.05, 0.1) is 11.6 Å². The summed E-state index contributed by atoms with van der Waals surface area (Å²) < 4.78 is 1.09. The SMILES string of the molecule is N#Cc1ccc2cc(C3CC3c3ccc4c(c3)C(C3CCCCC3)=NCC4)cc(Br)c2c1. The van der Waals surface area contributed by atoms with E-state index < -0.39 is 0 Å². The van der Waals surface area contributed by atoms with Crippen LogP contribution in [0.3, 0.4) is 0 Å². The van der Waals surface area contributed by atoms with Crippen LogP contribution in [0.5, 0.6) is 0 Å². The molecule has 6 rings (SSSR count). The van der Waals surface area contributed by atoms with Crippen LogP contribution >= 0.6 is 15.9 Å². The third kappa shape index (κ3) is 3.59. The van der Waals surface area contributed by atoms with E-state index in [4.69, 9.17) is 4.99 Å². The van der Waals surface area contributed by atoms with Crippen LogP contribution in [0.2, 0.25) is 0 Å². The topological polar surface area (TPSA) is 36.1 Å². The maximum Gasteiger partial charge on any atom is 0.0991 e. The van der Waals surface area contributed by atoms with Gasteiger partial charge in [0.2, 0.25) is 0 Å². The summed E-state index contributed by atoms with van der Waals surface area (Å²) in [6, 6.07) is 20.0. The van der Waals surface area contributed by atoms with Gasteiger partial charge in [0.15, 0.2) is 0 Å². The molecule has 160 valence electrons. The summed E-state index contributed by atoms with van der Waals surface area (Å²) in [5.74, 6) is 1.84. The molecule has 2 atom stereocenters. The van der Waals surface area contributed by atoms with Crippen LogP contribution in [0, 0.1) is 17.2 Å². The molecule has 0 radical (unpaired) electrons. The van der Waals surface area contributed by atoms with E-state index in [1.54, 1.807) is 0 Å².